The molecule has 2 aromatic rings. The van der Waals surface area contributed by atoms with Gasteiger partial charge < -0.3 is 14.4 Å². The SMILES string of the molecule is COc1cccc(C(=O)[C@@H]2[C@@H]3C(=O)N(C[C@@H]4CCCO4)C(=O)[C@@H]3[C@@H]3C=C(C)c4ccccc4N23)c1. The van der Waals surface area contributed by atoms with Gasteiger partial charge in [-0.2, -0.15) is 0 Å². The van der Waals surface area contributed by atoms with Gasteiger partial charge in [-0.25, -0.2) is 0 Å². The van der Waals surface area contributed by atoms with Crippen molar-refractivity contribution in [1.29, 1.82) is 0 Å². The molecule has 7 heteroatoms. The molecule has 35 heavy (non-hydrogen) atoms. The van der Waals surface area contributed by atoms with Gasteiger partial charge in [-0.1, -0.05) is 36.4 Å². The number of fused-ring (bicyclic) bond motifs is 5. The number of carbonyl (C=O) groups is 3. The van der Waals surface area contributed by atoms with Gasteiger partial charge in [-0.15, -0.1) is 0 Å². The number of methoxy groups -OCH3 is 1. The second-order valence-electron chi connectivity index (χ2n) is 9.78. The summed E-state index contributed by atoms with van der Waals surface area (Å²) in [5.74, 6) is -1.42. The number of likely N-dealkylation sites (tertiary alicyclic amines) is 1. The third kappa shape index (κ3) is 3.32. The highest BCUT2D eigenvalue weighted by atomic mass is 16.5. The fraction of sp³-hybridized carbons (Fsp3) is 0.393. The van der Waals surface area contributed by atoms with E-state index in [0.29, 0.717) is 17.9 Å². The Balaban J connectivity index is 1.45. The van der Waals surface area contributed by atoms with Crippen LogP contribution in [-0.4, -0.2) is 60.9 Å². The Hall–Kier alpha value is -3.45. The second-order valence-corrected chi connectivity index (χ2v) is 9.78. The van der Waals surface area contributed by atoms with E-state index in [4.69, 9.17) is 9.47 Å². The summed E-state index contributed by atoms with van der Waals surface area (Å²) < 4.78 is 11.1. The Morgan fingerprint density at radius 3 is 2.66 bits per heavy atom. The average Bonchev–Trinajstić information content (AvgIpc) is 3.57. The van der Waals surface area contributed by atoms with Crippen molar-refractivity contribution in [3.05, 3.63) is 65.7 Å². The number of amides is 2. The zero-order chi connectivity index (χ0) is 24.3. The fourth-order valence-electron chi connectivity index (χ4n) is 6.28. The maximum Gasteiger partial charge on any atom is 0.235 e. The molecule has 2 amide bonds. The van der Waals surface area contributed by atoms with Gasteiger partial charge in [0.25, 0.3) is 0 Å². The molecule has 0 unspecified atom stereocenters. The van der Waals surface area contributed by atoms with Crippen molar-refractivity contribution in [2.45, 2.75) is 38.0 Å². The molecule has 7 nitrogen and oxygen atoms in total. The summed E-state index contributed by atoms with van der Waals surface area (Å²) in [6.45, 7) is 2.93. The molecular formula is C28H28N2O5. The first kappa shape index (κ1) is 22.0. The monoisotopic (exact) mass is 472 g/mol. The van der Waals surface area contributed by atoms with Gasteiger partial charge in [0.2, 0.25) is 11.8 Å². The third-order valence-corrected chi connectivity index (χ3v) is 7.88. The largest absolute Gasteiger partial charge is 0.497 e. The first-order valence-corrected chi connectivity index (χ1v) is 12.2. The minimum Gasteiger partial charge on any atom is -0.497 e. The van der Waals surface area contributed by atoms with Crippen LogP contribution < -0.4 is 9.64 Å². The van der Waals surface area contributed by atoms with Gasteiger partial charge in [0.15, 0.2) is 5.78 Å². The van der Waals surface area contributed by atoms with Gasteiger partial charge in [0.1, 0.15) is 11.8 Å². The van der Waals surface area contributed by atoms with Crippen molar-refractivity contribution < 1.29 is 23.9 Å². The second kappa shape index (κ2) is 8.34. The van der Waals surface area contributed by atoms with Gasteiger partial charge in [-0.05, 0) is 43.5 Å². The summed E-state index contributed by atoms with van der Waals surface area (Å²) >= 11 is 0. The van der Waals surface area contributed by atoms with E-state index in [0.717, 1.165) is 29.7 Å². The molecule has 180 valence electrons. The Morgan fingerprint density at radius 1 is 1.09 bits per heavy atom. The molecule has 2 aromatic carbocycles. The topological polar surface area (TPSA) is 76.1 Å². The van der Waals surface area contributed by atoms with Gasteiger partial charge >= 0.3 is 0 Å². The molecule has 0 aliphatic carbocycles. The summed E-state index contributed by atoms with van der Waals surface area (Å²) in [6, 6.07) is 13.8. The number of ether oxygens (including phenoxy) is 2. The van der Waals surface area contributed by atoms with Crippen LogP contribution in [-0.2, 0) is 14.3 Å². The quantitative estimate of drug-likeness (QED) is 0.491. The number of carbonyl (C=O) groups excluding carboxylic acids is 3. The average molecular weight is 473 g/mol. The summed E-state index contributed by atoms with van der Waals surface area (Å²) in [5, 5.41) is 0. The number of ketones is 1. The Morgan fingerprint density at radius 2 is 1.89 bits per heavy atom. The molecule has 3 saturated heterocycles. The Kier molecular flexibility index (Phi) is 5.25. The van der Waals surface area contributed by atoms with E-state index in [1.165, 1.54) is 4.90 Å². The maximum atomic E-state index is 14.1. The summed E-state index contributed by atoms with van der Waals surface area (Å²) in [7, 11) is 1.56. The molecule has 4 aliphatic rings. The van der Waals surface area contributed by atoms with E-state index < -0.39 is 17.9 Å². The van der Waals surface area contributed by atoms with E-state index in [-0.39, 0.29) is 36.3 Å². The van der Waals surface area contributed by atoms with E-state index in [9.17, 15) is 14.4 Å². The first-order valence-electron chi connectivity index (χ1n) is 12.2. The highest BCUT2D eigenvalue weighted by molar-refractivity contribution is 6.14. The van der Waals surface area contributed by atoms with E-state index in [1.54, 1.807) is 31.4 Å². The van der Waals surface area contributed by atoms with Crippen LogP contribution in [0.4, 0.5) is 5.69 Å². The van der Waals surface area contributed by atoms with Gasteiger partial charge in [0.05, 0.1) is 37.6 Å². The lowest BCUT2D eigenvalue weighted by atomic mass is 9.85. The highest BCUT2D eigenvalue weighted by Gasteiger charge is 2.64. The van der Waals surface area contributed by atoms with E-state index in [2.05, 4.69) is 6.08 Å². The predicted octanol–water partition coefficient (Wildman–Crippen LogP) is 3.33. The first-order chi connectivity index (χ1) is 17.0. The molecule has 0 saturated carbocycles. The van der Waals surface area contributed by atoms with Crippen LogP contribution in [0.15, 0.2) is 54.6 Å². The molecule has 0 aromatic heterocycles. The zero-order valence-electron chi connectivity index (χ0n) is 19.8. The number of anilines is 1. The van der Waals surface area contributed by atoms with Crippen molar-refractivity contribution in [3.63, 3.8) is 0 Å². The van der Waals surface area contributed by atoms with Crippen LogP contribution in [0.3, 0.4) is 0 Å². The lowest BCUT2D eigenvalue weighted by Gasteiger charge is -2.38. The standard InChI is InChI=1S/C28H28N2O5/c1-16-13-22-23-24(28(33)29(27(23)32)15-19-9-6-12-35-19)25(30(22)21-11-4-3-10-20(16)21)26(31)17-7-5-8-18(14-17)34-2/h3-5,7-8,10-11,13-14,19,22-25H,6,9,12,15H2,1-2H3/t19-,22-,23+,24+,25-/m0/s1. The van der Waals surface area contributed by atoms with Crippen LogP contribution in [0.1, 0.15) is 35.7 Å². The molecule has 3 fully saturated rings. The number of Topliss-reactive ketones (excluding diaryl/α,β-unsaturated/α-hetero) is 1. The predicted molar refractivity (Wildman–Crippen MR) is 130 cm³/mol. The molecule has 4 heterocycles. The number of benzene rings is 2. The van der Waals surface area contributed by atoms with Crippen molar-refractivity contribution in [3.8, 4) is 5.75 Å². The number of allylic oxidation sites excluding steroid dienone is 1. The molecule has 0 radical (unpaired) electrons. The number of para-hydroxylation sites is 1. The fourth-order valence-corrected chi connectivity index (χ4v) is 6.28. The molecule has 0 N–H and O–H groups in total. The normalized spacial score (nSPS) is 29.1. The number of imide groups is 1. The number of rotatable bonds is 5. The van der Waals surface area contributed by atoms with Gasteiger partial charge in [0, 0.05) is 23.4 Å². The Bertz CT molecular complexity index is 1250. The molecule has 5 atom stereocenters. The lowest BCUT2D eigenvalue weighted by Crippen LogP contribution is -2.49. The third-order valence-electron chi connectivity index (χ3n) is 7.88. The smallest absolute Gasteiger partial charge is 0.235 e. The summed E-state index contributed by atoms with van der Waals surface area (Å²) in [6.07, 6.45) is 3.69. The van der Waals surface area contributed by atoms with Crippen molar-refractivity contribution in [1.82, 2.24) is 4.90 Å². The summed E-state index contributed by atoms with van der Waals surface area (Å²) in [4.78, 5) is 45.0. The lowest BCUT2D eigenvalue weighted by molar-refractivity contribution is -0.142. The minimum atomic E-state index is -0.784. The van der Waals surface area contributed by atoms with Crippen molar-refractivity contribution >= 4 is 28.9 Å². The molecule has 0 spiro atoms. The molecule has 0 bridgehead atoms. The zero-order valence-corrected chi connectivity index (χ0v) is 19.8. The van der Waals surface area contributed by atoms with E-state index in [1.807, 2.05) is 36.1 Å². The van der Waals surface area contributed by atoms with Gasteiger partial charge in [-0.3, -0.25) is 19.3 Å². The highest BCUT2D eigenvalue weighted by Crippen LogP contribution is 2.50. The number of nitrogens with zero attached hydrogens (tertiary/aromatic N) is 2. The molecular weight excluding hydrogens is 444 g/mol. The van der Waals surface area contributed by atoms with Crippen LogP contribution in [0, 0.1) is 11.8 Å². The molecule has 4 aliphatic heterocycles. The van der Waals surface area contributed by atoms with Crippen LogP contribution in [0.5, 0.6) is 5.75 Å². The minimum absolute atomic E-state index is 0.130. The number of hydrogen-bond acceptors (Lipinski definition) is 6. The molecule has 6 rings (SSSR count). The number of hydrogen-bond donors (Lipinski definition) is 0. The van der Waals surface area contributed by atoms with Crippen LogP contribution in [0.25, 0.3) is 5.57 Å². The maximum absolute atomic E-state index is 14.1. The van der Waals surface area contributed by atoms with Crippen LogP contribution in [0.2, 0.25) is 0 Å². The summed E-state index contributed by atoms with van der Waals surface area (Å²) in [5.41, 5.74) is 3.42. The van der Waals surface area contributed by atoms with Crippen molar-refractivity contribution in [2.24, 2.45) is 11.8 Å². The van der Waals surface area contributed by atoms with Crippen molar-refractivity contribution in [2.75, 3.05) is 25.2 Å². The van der Waals surface area contributed by atoms with Crippen LogP contribution >= 0.6 is 0 Å². The van der Waals surface area contributed by atoms with E-state index >= 15 is 0 Å². The Labute approximate surface area is 204 Å².